The van der Waals surface area contributed by atoms with Crippen LogP contribution in [0.2, 0.25) is 0 Å². The Morgan fingerprint density at radius 3 is 2.30 bits per heavy atom. The molecule has 3 aliphatic rings. The lowest BCUT2D eigenvalue weighted by Crippen LogP contribution is -2.52. The van der Waals surface area contributed by atoms with Gasteiger partial charge in [0.2, 0.25) is 0 Å². The maximum atomic E-state index is 13.9. The third-order valence-corrected chi connectivity index (χ3v) is 8.71. The van der Waals surface area contributed by atoms with Crippen molar-refractivity contribution in [2.24, 2.45) is 11.8 Å². The number of carbonyl (C=O) groups excluding carboxylic acids is 4. The van der Waals surface area contributed by atoms with Crippen LogP contribution in [0, 0.1) is 11.8 Å². The Kier molecular flexibility index (Phi) is 8.49. The number of fused-ring (bicyclic) bond motifs is 1. The summed E-state index contributed by atoms with van der Waals surface area (Å²) in [5, 5.41) is -5.31. The zero-order chi connectivity index (χ0) is 27.9. The molecule has 0 aromatic carbocycles. The van der Waals surface area contributed by atoms with Crippen LogP contribution in [0.25, 0.3) is 0 Å². The normalized spacial score (nSPS) is 28.5. The number of halogens is 3. The SMILES string of the molecule is C=C(I)C(=O)OCCOC(=O)C1C2OC3C(OC(=O)C31)C2OS(=O)(=O)NS(=O)(=O)C(F)(F)C(=O)OCC. The molecule has 208 valence electrons. The first kappa shape index (κ1) is 29.5. The molecule has 3 rings (SSSR count). The van der Waals surface area contributed by atoms with E-state index in [4.69, 9.17) is 18.9 Å². The Morgan fingerprint density at radius 1 is 1.08 bits per heavy atom. The Bertz CT molecular complexity index is 1220. The molecule has 3 saturated heterocycles. The first-order valence-electron chi connectivity index (χ1n) is 10.1. The van der Waals surface area contributed by atoms with E-state index in [-0.39, 0.29) is 10.2 Å². The first-order chi connectivity index (χ1) is 17.0. The summed E-state index contributed by atoms with van der Waals surface area (Å²) in [5.74, 6) is -8.05. The number of nitrogens with one attached hydrogen (secondary N) is 1. The Hall–Kier alpha value is -2.01. The summed E-state index contributed by atoms with van der Waals surface area (Å²) in [7, 11) is -11.9. The van der Waals surface area contributed by atoms with Crippen molar-refractivity contribution in [1.82, 2.24) is 4.13 Å². The molecule has 0 radical (unpaired) electrons. The summed E-state index contributed by atoms with van der Waals surface area (Å²) >= 11 is 1.61. The molecule has 6 atom stereocenters. The van der Waals surface area contributed by atoms with Gasteiger partial charge < -0.3 is 23.7 Å². The number of sulfonamides is 1. The number of hydrogen-bond acceptors (Lipinski definition) is 14. The fourth-order valence-corrected chi connectivity index (χ4v) is 6.44. The molecule has 37 heavy (non-hydrogen) atoms. The van der Waals surface area contributed by atoms with Gasteiger partial charge in [-0.15, -0.1) is 0 Å². The molecule has 3 fully saturated rings. The van der Waals surface area contributed by atoms with Gasteiger partial charge in [0.15, 0.2) is 6.10 Å². The van der Waals surface area contributed by atoms with E-state index in [0.717, 1.165) is 6.92 Å². The van der Waals surface area contributed by atoms with Crippen LogP contribution in [0.4, 0.5) is 8.78 Å². The monoisotopic (exact) mass is 689 g/mol. The Labute approximate surface area is 221 Å². The predicted molar refractivity (Wildman–Crippen MR) is 118 cm³/mol. The van der Waals surface area contributed by atoms with Gasteiger partial charge in [-0.1, -0.05) is 10.7 Å². The van der Waals surface area contributed by atoms with Gasteiger partial charge >= 0.3 is 49.5 Å². The molecule has 20 heteroatoms. The van der Waals surface area contributed by atoms with E-state index >= 15 is 0 Å². The molecule has 3 aliphatic heterocycles. The number of ether oxygens (including phenoxy) is 5. The van der Waals surface area contributed by atoms with E-state index in [0.29, 0.717) is 4.13 Å². The van der Waals surface area contributed by atoms with Gasteiger partial charge in [-0.05, 0) is 29.5 Å². The number of alkyl halides is 2. The van der Waals surface area contributed by atoms with Gasteiger partial charge in [0.25, 0.3) is 0 Å². The second kappa shape index (κ2) is 10.6. The highest BCUT2D eigenvalue weighted by molar-refractivity contribution is 14.1. The zero-order valence-corrected chi connectivity index (χ0v) is 22.2. The lowest BCUT2D eigenvalue weighted by atomic mass is 9.78. The van der Waals surface area contributed by atoms with Crippen molar-refractivity contribution in [2.45, 2.75) is 36.6 Å². The highest BCUT2D eigenvalue weighted by Crippen LogP contribution is 2.51. The van der Waals surface area contributed by atoms with E-state index in [1.54, 1.807) is 22.6 Å². The average molecular weight is 689 g/mol. The maximum absolute atomic E-state index is 13.9. The van der Waals surface area contributed by atoms with Crippen molar-refractivity contribution in [3.63, 3.8) is 0 Å². The van der Waals surface area contributed by atoms with Crippen molar-refractivity contribution >= 4 is 66.8 Å². The molecule has 0 aromatic rings. The van der Waals surface area contributed by atoms with E-state index in [1.165, 1.54) is 0 Å². The molecular weight excluding hydrogens is 671 g/mol. The predicted octanol–water partition coefficient (Wildman–Crippen LogP) is -1.33. The van der Waals surface area contributed by atoms with Gasteiger partial charge in [-0.2, -0.15) is 17.2 Å². The maximum Gasteiger partial charge on any atom is 0.455 e. The molecule has 2 bridgehead atoms. The average Bonchev–Trinajstić information content (AvgIpc) is 3.39. The lowest BCUT2D eigenvalue weighted by molar-refractivity contribution is -0.160. The van der Waals surface area contributed by atoms with Crippen LogP contribution in [0.3, 0.4) is 0 Å². The van der Waals surface area contributed by atoms with Crippen LogP contribution in [0.1, 0.15) is 6.92 Å². The number of hydrogen-bond donors (Lipinski definition) is 1. The van der Waals surface area contributed by atoms with Crippen LogP contribution < -0.4 is 4.13 Å². The number of esters is 4. The lowest BCUT2D eigenvalue weighted by Gasteiger charge is -2.27. The van der Waals surface area contributed by atoms with Gasteiger partial charge in [0.05, 0.1) is 10.2 Å². The summed E-state index contributed by atoms with van der Waals surface area (Å²) in [5.41, 5.74) is 0. The third-order valence-electron chi connectivity index (χ3n) is 5.26. The second-order valence-electron chi connectivity index (χ2n) is 7.57. The van der Waals surface area contributed by atoms with E-state index in [9.17, 15) is 44.8 Å². The van der Waals surface area contributed by atoms with Crippen LogP contribution in [-0.4, -0.2) is 90.2 Å². The smallest absolute Gasteiger partial charge is 0.455 e. The largest absolute Gasteiger partial charge is 0.462 e. The molecule has 6 unspecified atom stereocenters. The van der Waals surface area contributed by atoms with Crippen molar-refractivity contribution in [3.8, 4) is 0 Å². The third kappa shape index (κ3) is 5.72. The molecule has 0 amide bonds. The molecule has 3 heterocycles. The zero-order valence-electron chi connectivity index (χ0n) is 18.5. The van der Waals surface area contributed by atoms with Gasteiger partial charge in [-0.3, -0.25) is 9.59 Å². The van der Waals surface area contributed by atoms with Crippen LogP contribution >= 0.6 is 22.6 Å². The molecule has 0 saturated carbocycles. The molecule has 15 nitrogen and oxygen atoms in total. The van der Waals surface area contributed by atoms with Crippen LogP contribution in [0.15, 0.2) is 10.2 Å². The number of rotatable bonds is 12. The fraction of sp³-hybridized carbons (Fsp3) is 0.647. The fourth-order valence-electron chi connectivity index (χ4n) is 3.84. The minimum Gasteiger partial charge on any atom is -0.462 e. The summed E-state index contributed by atoms with van der Waals surface area (Å²) in [6.45, 7) is 2.99. The highest BCUT2D eigenvalue weighted by Gasteiger charge is 2.72. The molecule has 0 aromatic heterocycles. The quantitative estimate of drug-likeness (QED) is 0.0829. The minimum atomic E-state index is -6.24. The molecule has 0 aliphatic carbocycles. The highest BCUT2D eigenvalue weighted by atomic mass is 127. The second-order valence-corrected chi connectivity index (χ2v) is 12.2. The van der Waals surface area contributed by atoms with Crippen molar-refractivity contribution in [3.05, 3.63) is 10.2 Å². The van der Waals surface area contributed by atoms with Gasteiger partial charge in [0, 0.05) is 0 Å². The van der Waals surface area contributed by atoms with Crippen molar-refractivity contribution in [2.75, 3.05) is 19.8 Å². The number of carbonyl (C=O) groups is 4. The van der Waals surface area contributed by atoms with E-state index < -0.39 is 98.9 Å². The topological polar surface area (TPSA) is 204 Å². The molecule has 0 spiro atoms. The standard InChI is InChI=1S/C17H18F2INO14S2/c1-3-30-16(25)17(18,19)36(26,27)21-37(28,29)35-12-10-7(8-9(33-10)11(12)34-15(8)24)14(23)32-5-4-31-13(22)6(2)20/h7-12,21H,2-5H2,1H3. The van der Waals surface area contributed by atoms with Crippen molar-refractivity contribution < 1.29 is 72.7 Å². The van der Waals surface area contributed by atoms with Gasteiger partial charge in [0.1, 0.15) is 43.4 Å². The first-order valence-corrected chi connectivity index (χ1v) is 14.1. The summed E-state index contributed by atoms with van der Waals surface area (Å²) in [6, 6.07) is 0. The van der Waals surface area contributed by atoms with Crippen LogP contribution in [0.5, 0.6) is 0 Å². The van der Waals surface area contributed by atoms with Crippen LogP contribution in [-0.2, 0) is 67.4 Å². The van der Waals surface area contributed by atoms with E-state index in [2.05, 4.69) is 15.5 Å². The Morgan fingerprint density at radius 2 is 1.70 bits per heavy atom. The van der Waals surface area contributed by atoms with E-state index in [1.807, 2.05) is 0 Å². The minimum absolute atomic E-state index is 0.0574. The van der Waals surface area contributed by atoms with Gasteiger partial charge in [-0.25, -0.2) is 22.2 Å². The summed E-state index contributed by atoms with van der Waals surface area (Å²) in [6.07, 6.45) is -5.98. The molecular formula is C17H18F2INO14S2. The van der Waals surface area contributed by atoms with Crippen molar-refractivity contribution in [1.29, 1.82) is 0 Å². The Balaban J connectivity index is 1.71. The molecule has 1 N–H and O–H groups in total. The summed E-state index contributed by atoms with van der Waals surface area (Å²) < 4.78 is 106. The summed E-state index contributed by atoms with van der Waals surface area (Å²) in [4.78, 5) is 47.5.